The van der Waals surface area contributed by atoms with Gasteiger partial charge in [0.15, 0.2) is 5.96 Å². The first-order chi connectivity index (χ1) is 9.17. The van der Waals surface area contributed by atoms with Crippen LogP contribution in [0.25, 0.3) is 0 Å². The molecule has 0 fully saturated rings. The largest absolute Gasteiger partial charge is 0.356 e. The summed E-state index contributed by atoms with van der Waals surface area (Å²) < 4.78 is 1.35. The van der Waals surface area contributed by atoms with Crippen LogP contribution in [0, 0.1) is 2.88 Å². The maximum atomic E-state index is 4.31. The quantitative estimate of drug-likeness (QED) is 0.194. The van der Waals surface area contributed by atoms with Gasteiger partial charge in [-0.1, -0.05) is 6.08 Å². The second kappa shape index (κ2) is 11.8. The zero-order valence-electron chi connectivity index (χ0n) is 12.1. The number of nitrogens with zero attached hydrogens (tertiary/aromatic N) is 2. The molecule has 1 aromatic rings. The molecule has 1 N–H and O–H groups in total. The molecule has 1 heterocycles. The zero-order chi connectivity index (χ0) is 14.1. The number of halogens is 2. The van der Waals surface area contributed by atoms with Gasteiger partial charge >= 0.3 is 0 Å². The van der Waals surface area contributed by atoms with Gasteiger partial charge < -0.3 is 10.2 Å². The fourth-order valence-corrected chi connectivity index (χ4v) is 3.50. The maximum Gasteiger partial charge on any atom is 0.193 e. The molecule has 0 saturated heterocycles. The highest BCUT2D eigenvalue weighted by Gasteiger charge is 2.05. The van der Waals surface area contributed by atoms with E-state index in [2.05, 4.69) is 63.6 Å². The van der Waals surface area contributed by atoms with Crippen LogP contribution >= 0.6 is 57.9 Å². The lowest BCUT2D eigenvalue weighted by Gasteiger charge is -2.21. The molecule has 1 rings (SSSR count). The number of nitrogens with one attached hydrogen (secondary N) is 1. The number of unbranched alkanes of at least 4 members (excludes halogenated alkanes) is 1. The normalized spacial score (nSPS) is 10.8. The third-order valence-corrected chi connectivity index (χ3v) is 4.71. The summed E-state index contributed by atoms with van der Waals surface area (Å²) in [5.74, 6) is 0.968. The molecule has 0 aromatic carbocycles. The first kappa shape index (κ1) is 20.2. The highest BCUT2D eigenvalue weighted by Crippen LogP contribution is 2.18. The molecule has 0 amide bonds. The molecular formula is C14H23I2N3S. The molecule has 0 aliphatic rings. The van der Waals surface area contributed by atoms with Crippen LogP contribution in [0.4, 0.5) is 0 Å². The summed E-state index contributed by atoms with van der Waals surface area (Å²) in [5.41, 5.74) is 0. The van der Waals surface area contributed by atoms with E-state index in [1.165, 1.54) is 7.76 Å². The predicted molar refractivity (Wildman–Crippen MR) is 110 cm³/mol. The van der Waals surface area contributed by atoms with Crippen LogP contribution < -0.4 is 5.32 Å². The Morgan fingerprint density at radius 2 is 2.30 bits per heavy atom. The summed E-state index contributed by atoms with van der Waals surface area (Å²) >= 11 is 4.21. The summed E-state index contributed by atoms with van der Waals surface area (Å²) in [7, 11) is 3.91. The molecule has 0 atom stereocenters. The zero-order valence-corrected chi connectivity index (χ0v) is 17.4. The lowest BCUT2D eigenvalue weighted by atomic mass is 10.3. The highest BCUT2D eigenvalue weighted by molar-refractivity contribution is 14.1. The summed E-state index contributed by atoms with van der Waals surface area (Å²) in [4.78, 5) is 7.90. The number of guanidine groups is 1. The van der Waals surface area contributed by atoms with E-state index in [4.69, 9.17) is 0 Å². The second-order valence-corrected chi connectivity index (χ2v) is 7.34. The van der Waals surface area contributed by atoms with E-state index in [0.29, 0.717) is 0 Å². The van der Waals surface area contributed by atoms with E-state index in [0.717, 1.165) is 38.3 Å². The van der Waals surface area contributed by atoms with Crippen LogP contribution in [-0.2, 0) is 6.42 Å². The fraction of sp³-hybridized carbons (Fsp3) is 0.500. The SMILES string of the molecule is C=CCCCN(C)C(=NC)NCCc1ccc(I)s1.I. The smallest absolute Gasteiger partial charge is 0.193 e. The first-order valence-corrected chi connectivity index (χ1v) is 8.33. The van der Waals surface area contributed by atoms with Gasteiger partial charge in [-0.3, -0.25) is 4.99 Å². The van der Waals surface area contributed by atoms with E-state index in [-0.39, 0.29) is 24.0 Å². The number of allylic oxidation sites excluding steroid dienone is 1. The lowest BCUT2D eigenvalue weighted by molar-refractivity contribution is 0.470. The number of aliphatic imine (C=N–C) groups is 1. The minimum atomic E-state index is 0. The van der Waals surface area contributed by atoms with Crippen molar-refractivity contribution in [3.8, 4) is 0 Å². The Morgan fingerprint density at radius 1 is 1.55 bits per heavy atom. The number of hydrogen-bond acceptors (Lipinski definition) is 2. The summed E-state index contributed by atoms with van der Waals surface area (Å²) in [6, 6.07) is 4.36. The topological polar surface area (TPSA) is 27.6 Å². The number of hydrogen-bond donors (Lipinski definition) is 1. The minimum absolute atomic E-state index is 0. The van der Waals surface area contributed by atoms with Gasteiger partial charge in [0.05, 0.1) is 2.88 Å². The van der Waals surface area contributed by atoms with Gasteiger partial charge in [-0.25, -0.2) is 0 Å². The monoisotopic (exact) mass is 519 g/mol. The van der Waals surface area contributed by atoms with Gasteiger partial charge in [-0.15, -0.1) is 41.9 Å². The Balaban J connectivity index is 0.00000361. The second-order valence-electron chi connectivity index (χ2n) is 4.28. The third kappa shape index (κ3) is 7.82. The van der Waals surface area contributed by atoms with Gasteiger partial charge in [0.2, 0.25) is 0 Å². The molecule has 6 heteroatoms. The Kier molecular flexibility index (Phi) is 11.9. The number of thiophene rings is 1. The molecule has 0 bridgehead atoms. The Labute approximate surface area is 157 Å². The van der Waals surface area contributed by atoms with Crippen LogP contribution in [-0.4, -0.2) is 38.0 Å². The maximum absolute atomic E-state index is 4.31. The molecule has 3 nitrogen and oxygen atoms in total. The number of rotatable bonds is 7. The molecular weight excluding hydrogens is 496 g/mol. The van der Waals surface area contributed by atoms with Gasteiger partial charge in [0.25, 0.3) is 0 Å². The average molecular weight is 519 g/mol. The molecule has 20 heavy (non-hydrogen) atoms. The molecule has 114 valence electrons. The Morgan fingerprint density at radius 3 is 2.85 bits per heavy atom. The van der Waals surface area contributed by atoms with Gasteiger partial charge in [0, 0.05) is 32.1 Å². The Hall–Kier alpha value is 0.170. The van der Waals surface area contributed by atoms with E-state index in [9.17, 15) is 0 Å². The van der Waals surface area contributed by atoms with E-state index in [1.807, 2.05) is 24.5 Å². The highest BCUT2D eigenvalue weighted by atomic mass is 127. The van der Waals surface area contributed by atoms with Gasteiger partial charge in [-0.05, 0) is 54.0 Å². The molecule has 0 unspecified atom stereocenters. The lowest BCUT2D eigenvalue weighted by Crippen LogP contribution is -2.40. The summed E-state index contributed by atoms with van der Waals surface area (Å²) in [5, 5.41) is 3.41. The van der Waals surface area contributed by atoms with Crippen LogP contribution in [0.1, 0.15) is 17.7 Å². The van der Waals surface area contributed by atoms with E-state index >= 15 is 0 Å². The van der Waals surface area contributed by atoms with Crippen molar-refractivity contribution in [3.05, 3.63) is 32.5 Å². The Bertz CT molecular complexity index is 418. The average Bonchev–Trinajstić information content (AvgIpc) is 2.80. The summed E-state index contributed by atoms with van der Waals surface area (Å²) in [6.07, 6.45) is 5.18. The fourth-order valence-electron chi connectivity index (χ4n) is 1.75. The van der Waals surface area contributed by atoms with Crippen LogP contribution in [0.5, 0.6) is 0 Å². The van der Waals surface area contributed by atoms with Crippen molar-refractivity contribution in [2.75, 3.05) is 27.2 Å². The van der Waals surface area contributed by atoms with Crippen molar-refractivity contribution < 1.29 is 0 Å². The third-order valence-electron chi connectivity index (χ3n) is 2.76. The van der Waals surface area contributed by atoms with E-state index in [1.54, 1.807) is 0 Å². The van der Waals surface area contributed by atoms with Crippen molar-refractivity contribution in [2.45, 2.75) is 19.3 Å². The van der Waals surface area contributed by atoms with Crippen molar-refractivity contribution in [2.24, 2.45) is 4.99 Å². The molecule has 0 radical (unpaired) electrons. The molecule has 1 aromatic heterocycles. The van der Waals surface area contributed by atoms with Crippen LogP contribution in [0.15, 0.2) is 29.8 Å². The summed E-state index contributed by atoms with van der Waals surface area (Å²) in [6.45, 7) is 5.67. The van der Waals surface area contributed by atoms with Crippen molar-refractivity contribution >= 4 is 63.9 Å². The molecule has 0 aliphatic carbocycles. The predicted octanol–water partition coefficient (Wildman–Crippen LogP) is 3.99. The van der Waals surface area contributed by atoms with Crippen LogP contribution in [0.3, 0.4) is 0 Å². The first-order valence-electron chi connectivity index (χ1n) is 6.44. The molecule has 0 saturated carbocycles. The molecule has 0 spiro atoms. The van der Waals surface area contributed by atoms with Crippen molar-refractivity contribution in [1.82, 2.24) is 10.2 Å². The van der Waals surface area contributed by atoms with Gasteiger partial charge in [0.1, 0.15) is 0 Å². The van der Waals surface area contributed by atoms with Crippen LogP contribution in [0.2, 0.25) is 0 Å². The van der Waals surface area contributed by atoms with Crippen molar-refractivity contribution in [1.29, 1.82) is 0 Å². The standard InChI is InChI=1S/C14H22IN3S.HI/c1-4-5-6-11-18(3)14(16-2)17-10-9-12-7-8-13(15)19-12;/h4,7-8H,1,5-6,9-11H2,2-3H3,(H,16,17);1H. The molecule has 0 aliphatic heterocycles. The minimum Gasteiger partial charge on any atom is -0.356 e. The van der Waals surface area contributed by atoms with Crippen molar-refractivity contribution in [3.63, 3.8) is 0 Å². The van der Waals surface area contributed by atoms with Gasteiger partial charge in [-0.2, -0.15) is 0 Å². The van der Waals surface area contributed by atoms with E-state index < -0.39 is 0 Å².